The van der Waals surface area contributed by atoms with E-state index < -0.39 is 5.82 Å². The largest absolute Gasteiger partial charge is 0.324 e. The Morgan fingerprint density at radius 2 is 2.00 bits per heavy atom. The fraction of sp³-hybridized carbons (Fsp3) is 0.143. The first-order valence-corrected chi connectivity index (χ1v) is 10.8. The second-order valence-corrected chi connectivity index (χ2v) is 8.46. The minimum Gasteiger partial charge on any atom is -0.324 e. The van der Waals surface area contributed by atoms with E-state index in [1.165, 1.54) is 34.7 Å². The summed E-state index contributed by atoms with van der Waals surface area (Å²) in [6.07, 6.45) is 1.51. The molecule has 1 N–H and O–H groups in total. The summed E-state index contributed by atoms with van der Waals surface area (Å²) in [5.74, 6) is -0.354. The standard InChI is InChI=1S/C21H15ClFN5O2S/c22-12-5-7-13(8-6-12)28-19-15(10-24-28)20(30)27-14(11-31-21(27)26-19)9-18(29)25-17-4-2-1-3-16(17)23/h1-8,10,14H,9,11H2,(H,25,29). The van der Waals surface area contributed by atoms with Gasteiger partial charge in [-0.3, -0.25) is 14.2 Å². The van der Waals surface area contributed by atoms with E-state index in [1.54, 1.807) is 41.1 Å². The van der Waals surface area contributed by atoms with Crippen molar-refractivity contribution in [3.63, 3.8) is 0 Å². The monoisotopic (exact) mass is 455 g/mol. The van der Waals surface area contributed by atoms with Crippen LogP contribution in [0.4, 0.5) is 10.1 Å². The van der Waals surface area contributed by atoms with E-state index in [1.807, 2.05) is 0 Å². The molecule has 0 saturated heterocycles. The van der Waals surface area contributed by atoms with Gasteiger partial charge in [0.15, 0.2) is 10.8 Å². The quantitative estimate of drug-likeness (QED) is 0.469. The number of fused-ring (bicyclic) bond motifs is 2. The summed E-state index contributed by atoms with van der Waals surface area (Å²) < 4.78 is 16.9. The number of hydrogen-bond acceptors (Lipinski definition) is 5. The van der Waals surface area contributed by atoms with E-state index in [-0.39, 0.29) is 29.6 Å². The van der Waals surface area contributed by atoms with Gasteiger partial charge in [-0.25, -0.2) is 14.1 Å². The van der Waals surface area contributed by atoms with Gasteiger partial charge in [-0.2, -0.15) is 5.10 Å². The zero-order valence-corrected chi connectivity index (χ0v) is 17.5. The van der Waals surface area contributed by atoms with Crippen LogP contribution in [0.15, 0.2) is 64.7 Å². The lowest BCUT2D eigenvalue weighted by molar-refractivity contribution is -0.116. The molecule has 7 nitrogen and oxygen atoms in total. The number of amides is 1. The normalized spacial score (nSPS) is 15.2. The maximum Gasteiger partial charge on any atom is 0.265 e. The number of nitrogens with one attached hydrogen (secondary N) is 1. The number of rotatable bonds is 4. The van der Waals surface area contributed by atoms with Crippen LogP contribution in [0.1, 0.15) is 12.5 Å². The first-order valence-electron chi connectivity index (χ1n) is 9.44. The number of hydrogen-bond donors (Lipinski definition) is 1. The highest BCUT2D eigenvalue weighted by molar-refractivity contribution is 7.99. The molecule has 31 heavy (non-hydrogen) atoms. The van der Waals surface area contributed by atoms with Crippen LogP contribution in [0.2, 0.25) is 5.02 Å². The Morgan fingerprint density at radius 1 is 1.23 bits per heavy atom. The average molecular weight is 456 g/mol. The first-order chi connectivity index (χ1) is 15.0. The average Bonchev–Trinajstić information content (AvgIpc) is 3.35. The van der Waals surface area contributed by atoms with Crippen molar-refractivity contribution in [2.24, 2.45) is 0 Å². The number of carbonyl (C=O) groups is 1. The smallest absolute Gasteiger partial charge is 0.265 e. The number of para-hydroxylation sites is 1. The van der Waals surface area contributed by atoms with Gasteiger partial charge >= 0.3 is 0 Å². The third-order valence-electron chi connectivity index (χ3n) is 5.01. The predicted molar refractivity (Wildman–Crippen MR) is 118 cm³/mol. The predicted octanol–water partition coefficient (Wildman–Crippen LogP) is 4.05. The molecule has 1 unspecified atom stereocenters. The molecular weight excluding hydrogens is 441 g/mol. The number of benzene rings is 2. The molecular formula is C21H15ClFN5O2S. The minimum absolute atomic E-state index is 0.0345. The molecule has 1 atom stereocenters. The SMILES string of the molecule is O=C(CC1CSc2nc3c(cnn3-c3ccc(Cl)cc3)c(=O)n21)Nc1ccccc1F. The van der Waals surface area contributed by atoms with Gasteiger partial charge in [0.1, 0.15) is 11.2 Å². The lowest BCUT2D eigenvalue weighted by Gasteiger charge is -2.13. The van der Waals surface area contributed by atoms with Crippen molar-refractivity contribution in [2.75, 3.05) is 11.1 Å². The number of aromatic nitrogens is 4. The molecule has 3 heterocycles. The number of anilines is 1. The molecule has 0 spiro atoms. The van der Waals surface area contributed by atoms with Crippen LogP contribution in [0.25, 0.3) is 16.7 Å². The molecule has 2 aromatic heterocycles. The van der Waals surface area contributed by atoms with E-state index in [0.717, 1.165) is 5.69 Å². The van der Waals surface area contributed by atoms with Crippen LogP contribution < -0.4 is 10.9 Å². The van der Waals surface area contributed by atoms with Crippen molar-refractivity contribution < 1.29 is 9.18 Å². The van der Waals surface area contributed by atoms with E-state index in [0.29, 0.717) is 27.0 Å². The second-order valence-electron chi connectivity index (χ2n) is 7.04. The van der Waals surface area contributed by atoms with Crippen LogP contribution in [0.5, 0.6) is 0 Å². The van der Waals surface area contributed by atoms with Crippen LogP contribution in [0, 0.1) is 5.82 Å². The Morgan fingerprint density at radius 3 is 2.77 bits per heavy atom. The Labute approximate surface area is 184 Å². The van der Waals surface area contributed by atoms with Crippen molar-refractivity contribution in [3.8, 4) is 5.69 Å². The Balaban J connectivity index is 1.45. The summed E-state index contributed by atoms with van der Waals surface area (Å²) in [5.41, 5.74) is 1.04. The van der Waals surface area contributed by atoms with E-state index >= 15 is 0 Å². The molecule has 4 aromatic rings. The molecule has 1 amide bonds. The lowest BCUT2D eigenvalue weighted by Crippen LogP contribution is -2.27. The van der Waals surface area contributed by atoms with Crippen molar-refractivity contribution in [1.29, 1.82) is 0 Å². The van der Waals surface area contributed by atoms with E-state index in [2.05, 4.69) is 15.4 Å². The third-order valence-corrected chi connectivity index (χ3v) is 6.36. The molecule has 1 aliphatic heterocycles. The highest BCUT2D eigenvalue weighted by Crippen LogP contribution is 2.33. The van der Waals surface area contributed by atoms with Crippen molar-refractivity contribution in [3.05, 3.63) is 75.9 Å². The molecule has 2 aromatic carbocycles. The topological polar surface area (TPSA) is 81.8 Å². The zero-order valence-electron chi connectivity index (χ0n) is 16.0. The molecule has 0 saturated carbocycles. The summed E-state index contributed by atoms with van der Waals surface area (Å²) in [7, 11) is 0. The maximum absolute atomic E-state index is 13.8. The molecule has 0 fully saturated rings. The minimum atomic E-state index is -0.507. The Bertz CT molecular complexity index is 1370. The number of carbonyl (C=O) groups excluding carboxylic acids is 1. The molecule has 0 radical (unpaired) electrons. The van der Waals surface area contributed by atoms with Gasteiger partial charge in [0.05, 0.1) is 23.6 Å². The molecule has 5 rings (SSSR count). The third kappa shape index (κ3) is 3.60. The molecule has 10 heteroatoms. The van der Waals surface area contributed by atoms with Crippen molar-refractivity contribution in [2.45, 2.75) is 17.6 Å². The van der Waals surface area contributed by atoms with Gasteiger partial charge in [0, 0.05) is 17.2 Å². The number of halogens is 2. The van der Waals surface area contributed by atoms with Crippen LogP contribution in [-0.2, 0) is 4.79 Å². The second kappa shape index (κ2) is 7.82. The van der Waals surface area contributed by atoms with Crippen LogP contribution in [-0.4, -0.2) is 31.0 Å². The summed E-state index contributed by atoms with van der Waals surface area (Å²) in [6.45, 7) is 0. The van der Waals surface area contributed by atoms with Gasteiger partial charge in [-0.15, -0.1) is 0 Å². The zero-order chi connectivity index (χ0) is 21.5. The molecule has 156 valence electrons. The van der Waals surface area contributed by atoms with Gasteiger partial charge in [0.2, 0.25) is 5.91 Å². The highest BCUT2D eigenvalue weighted by atomic mass is 35.5. The summed E-state index contributed by atoms with van der Waals surface area (Å²) in [5, 5.41) is 8.37. The highest BCUT2D eigenvalue weighted by Gasteiger charge is 2.29. The number of thioether (sulfide) groups is 1. The van der Waals surface area contributed by atoms with E-state index in [9.17, 15) is 14.0 Å². The van der Waals surface area contributed by atoms with Gasteiger partial charge < -0.3 is 5.32 Å². The Kier molecular flexibility index (Phi) is 4.99. The fourth-order valence-electron chi connectivity index (χ4n) is 3.53. The molecule has 0 aliphatic carbocycles. The van der Waals surface area contributed by atoms with Gasteiger partial charge in [-0.1, -0.05) is 35.5 Å². The fourth-order valence-corrected chi connectivity index (χ4v) is 4.79. The van der Waals surface area contributed by atoms with E-state index in [4.69, 9.17) is 11.6 Å². The lowest BCUT2D eigenvalue weighted by atomic mass is 10.2. The first kappa shape index (κ1) is 19.8. The van der Waals surface area contributed by atoms with Crippen LogP contribution >= 0.6 is 23.4 Å². The molecule has 0 bridgehead atoms. The van der Waals surface area contributed by atoms with Crippen LogP contribution in [0.3, 0.4) is 0 Å². The van der Waals surface area contributed by atoms with Gasteiger partial charge in [-0.05, 0) is 36.4 Å². The van der Waals surface area contributed by atoms with Crippen molar-refractivity contribution in [1.82, 2.24) is 19.3 Å². The summed E-state index contributed by atoms with van der Waals surface area (Å²) in [6, 6.07) is 12.7. The van der Waals surface area contributed by atoms with Crippen molar-refractivity contribution >= 4 is 46.0 Å². The Hall–Kier alpha value is -3.17. The number of nitrogens with zero attached hydrogens (tertiary/aromatic N) is 4. The summed E-state index contributed by atoms with van der Waals surface area (Å²) in [4.78, 5) is 30.3. The maximum atomic E-state index is 13.8. The van der Waals surface area contributed by atoms with Gasteiger partial charge in [0.25, 0.3) is 5.56 Å². The molecule has 1 aliphatic rings. The summed E-state index contributed by atoms with van der Waals surface area (Å²) >= 11 is 7.36.